The van der Waals surface area contributed by atoms with E-state index in [9.17, 15) is 0 Å². The van der Waals surface area contributed by atoms with Crippen molar-refractivity contribution in [3.8, 4) is 0 Å². The minimum atomic E-state index is 0.0737. The maximum Gasteiger partial charge on any atom is 0.248 e. The van der Waals surface area contributed by atoms with E-state index < -0.39 is 0 Å². The Bertz CT molecular complexity index is 697. The molecule has 1 saturated carbocycles. The Morgan fingerprint density at radius 1 is 1.23 bits per heavy atom. The van der Waals surface area contributed by atoms with Crippen LogP contribution in [0.5, 0.6) is 0 Å². The van der Waals surface area contributed by atoms with E-state index in [4.69, 9.17) is 11.6 Å². The zero-order valence-electron chi connectivity index (χ0n) is 12.2. The van der Waals surface area contributed by atoms with Gasteiger partial charge in [0.25, 0.3) is 0 Å². The van der Waals surface area contributed by atoms with E-state index in [0.717, 1.165) is 42.0 Å². The molecule has 1 aliphatic heterocycles. The van der Waals surface area contributed by atoms with Gasteiger partial charge < -0.3 is 0 Å². The summed E-state index contributed by atoms with van der Waals surface area (Å²) in [5.74, 6) is 2.04. The van der Waals surface area contributed by atoms with Crippen LogP contribution in [0.15, 0.2) is 40.5 Å². The van der Waals surface area contributed by atoms with E-state index in [2.05, 4.69) is 39.3 Å². The molecule has 22 heavy (non-hydrogen) atoms. The van der Waals surface area contributed by atoms with Crippen LogP contribution in [0.4, 0.5) is 5.95 Å². The van der Waals surface area contributed by atoms with Gasteiger partial charge in [-0.3, -0.25) is 0 Å². The Morgan fingerprint density at radius 2 is 2.09 bits per heavy atom. The number of hydrogen-bond acceptors (Lipinski definition) is 4. The molecule has 114 valence electrons. The van der Waals surface area contributed by atoms with Crippen molar-refractivity contribution < 1.29 is 0 Å². The second kappa shape index (κ2) is 6.05. The summed E-state index contributed by atoms with van der Waals surface area (Å²) in [6, 6.07) is 10.4. The Hall–Kier alpha value is -1.33. The van der Waals surface area contributed by atoms with Crippen LogP contribution in [0.2, 0.25) is 0 Å². The smallest absolute Gasteiger partial charge is 0.228 e. The monoisotopic (exact) mass is 332 g/mol. The number of alkyl halides is 1. The molecular weight excluding hydrogens is 316 g/mol. The van der Waals surface area contributed by atoms with Crippen molar-refractivity contribution in [1.29, 1.82) is 0 Å². The molecule has 2 atom stereocenters. The first-order valence-electron chi connectivity index (χ1n) is 7.64. The van der Waals surface area contributed by atoms with Gasteiger partial charge in [-0.05, 0) is 18.4 Å². The topological polar surface area (TPSA) is 43.1 Å². The van der Waals surface area contributed by atoms with E-state index in [1.807, 2.05) is 10.7 Å². The second-order valence-corrected chi connectivity index (χ2v) is 7.25. The number of halogens is 1. The third-order valence-electron chi connectivity index (χ3n) is 4.22. The highest BCUT2D eigenvalue weighted by atomic mass is 35.5. The molecule has 0 radical (unpaired) electrons. The summed E-state index contributed by atoms with van der Waals surface area (Å²) in [4.78, 5) is 9.24. The minimum Gasteiger partial charge on any atom is -0.228 e. The summed E-state index contributed by atoms with van der Waals surface area (Å²) in [5.41, 5.74) is 2.40. The van der Waals surface area contributed by atoms with Crippen molar-refractivity contribution in [2.75, 3.05) is 0 Å². The van der Waals surface area contributed by atoms with E-state index >= 15 is 0 Å². The summed E-state index contributed by atoms with van der Waals surface area (Å²) in [6.07, 6.45) is 3.37. The van der Waals surface area contributed by atoms with Crippen LogP contribution >= 0.6 is 23.4 Å². The lowest BCUT2D eigenvalue weighted by Crippen LogP contribution is -2.34. The van der Waals surface area contributed by atoms with Gasteiger partial charge >= 0.3 is 0 Å². The second-order valence-electron chi connectivity index (χ2n) is 5.78. The van der Waals surface area contributed by atoms with Gasteiger partial charge in [-0.1, -0.05) is 48.5 Å². The molecule has 6 heteroatoms. The summed E-state index contributed by atoms with van der Waals surface area (Å²) in [7, 11) is 0. The van der Waals surface area contributed by atoms with Crippen molar-refractivity contribution in [3.05, 3.63) is 35.9 Å². The van der Waals surface area contributed by atoms with Crippen LogP contribution in [0.25, 0.3) is 0 Å². The predicted molar refractivity (Wildman–Crippen MR) is 90.1 cm³/mol. The average Bonchev–Trinajstić information content (AvgIpc) is 2.94. The van der Waals surface area contributed by atoms with Crippen molar-refractivity contribution in [2.24, 2.45) is 10.9 Å². The van der Waals surface area contributed by atoms with Crippen LogP contribution in [0.3, 0.4) is 0 Å². The largest absolute Gasteiger partial charge is 0.248 e. The summed E-state index contributed by atoms with van der Waals surface area (Å²) in [5, 5.41) is 5.47. The van der Waals surface area contributed by atoms with Gasteiger partial charge in [-0.2, -0.15) is 4.98 Å². The standard InChI is InChI=1S/C16H17ClN4S/c17-13-8-4-7-12-9-21-15(18-14(12)13)19-16(20-21)22-10-11-5-2-1-3-6-11/h1-3,5-6,12-13H,4,7-10H2. The molecule has 1 aliphatic carbocycles. The molecule has 1 fully saturated rings. The van der Waals surface area contributed by atoms with Gasteiger partial charge in [0.15, 0.2) is 0 Å². The molecular formula is C16H17ClN4S. The SMILES string of the molecule is ClC1CCCC2Cn3nc(SCc4ccccc4)nc3N=C12. The van der Waals surface area contributed by atoms with Crippen LogP contribution in [0.1, 0.15) is 24.8 Å². The average molecular weight is 333 g/mol. The van der Waals surface area contributed by atoms with Gasteiger partial charge in [0.1, 0.15) is 0 Å². The van der Waals surface area contributed by atoms with Crippen LogP contribution in [-0.4, -0.2) is 25.9 Å². The third-order valence-corrected chi connectivity index (χ3v) is 5.57. The Morgan fingerprint density at radius 3 is 2.95 bits per heavy atom. The zero-order valence-corrected chi connectivity index (χ0v) is 13.7. The van der Waals surface area contributed by atoms with E-state index in [1.165, 1.54) is 12.0 Å². The molecule has 0 bridgehead atoms. The number of benzene rings is 1. The first-order valence-corrected chi connectivity index (χ1v) is 9.06. The fourth-order valence-electron chi connectivity index (χ4n) is 3.07. The summed E-state index contributed by atoms with van der Waals surface area (Å²) < 4.78 is 1.94. The van der Waals surface area contributed by atoms with Crippen LogP contribution in [-0.2, 0) is 12.3 Å². The molecule has 1 aromatic heterocycles. The first-order chi connectivity index (χ1) is 10.8. The zero-order chi connectivity index (χ0) is 14.9. The van der Waals surface area contributed by atoms with Gasteiger partial charge in [-0.25, -0.2) is 9.67 Å². The fourth-order valence-corrected chi connectivity index (χ4v) is 4.24. The quantitative estimate of drug-likeness (QED) is 0.628. The van der Waals surface area contributed by atoms with Gasteiger partial charge in [-0.15, -0.1) is 16.7 Å². The Labute approximate surface area is 139 Å². The normalized spacial score (nSPS) is 23.6. The number of aromatic nitrogens is 3. The molecule has 0 N–H and O–H groups in total. The van der Waals surface area contributed by atoms with Gasteiger partial charge in [0.05, 0.1) is 11.9 Å². The molecule has 4 nitrogen and oxygen atoms in total. The first kappa shape index (κ1) is 14.3. The maximum atomic E-state index is 6.41. The van der Waals surface area contributed by atoms with Crippen LogP contribution in [0, 0.1) is 5.92 Å². The molecule has 2 unspecified atom stereocenters. The van der Waals surface area contributed by atoms with Gasteiger partial charge in [0.2, 0.25) is 11.1 Å². The number of thioether (sulfide) groups is 1. The molecule has 2 aromatic rings. The highest BCUT2D eigenvalue weighted by Crippen LogP contribution is 2.33. The predicted octanol–water partition coefficient (Wildman–Crippen LogP) is 4.06. The number of aliphatic imine (C=N–C) groups is 1. The molecule has 2 aliphatic rings. The highest BCUT2D eigenvalue weighted by molar-refractivity contribution is 7.98. The number of nitrogens with zero attached hydrogens (tertiary/aromatic N) is 4. The Kier molecular flexibility index (Phi) is 3.92. The Balaban J connectivity index is 1.52. The number of rotatable bonds is 3. The molecule has 0 saturated heterocycles. The van der Waals surface area contributed by atoms with E-state index in [-0.39, 0.29) is 5.38 Å². The van der Waals surface area contributed by atoms with E-state index in [1.54, 1.807) is 11.8 Å². The van der Waals surface area contributed by atoms with Crippen molar-refractivity contribution >= 4 is 35.0 Å². The fraction of sp³-hybridized carbons (Fsp3) is 0.438. The molecule has 0 amide bonds. The number of fused-ring (bicyclic) bond motifs is 2. The minimum absolute atomic E-state index is 0.0737. The van der Waals surface area contributed by atoms with Gasteiger partial charge in [0, 0.05) is 17.4 Å². The molecule has 4 rings (SSSR count). The number of hydrogen-bond donors (Lipinski definition) is 0. The lowest BCUT2D eigenvalue weighted by Gasteiger charge is -2.30. The van der Waals surface area contributed by atoms with Crippen LogP contribution < -0.4 is 0 Å². The third kappa shape index (κ3) is 2.79. The molecule has 1 aromatic carbocycles. The highest BCUT2D eigenvalue weighted by Gasteiger charge is 2.32. The van der Waals surface area contributed by atoms with Crippen molar-refractivity contribution in [1.82, 2.24) is 14.8 Å². The van der Waals surface area contributed by atoms with E-state index in [0.29, 0.717) is 5.92 Å². The molecule has 0 spiro atoms. The summed E-state index contributed by atoms with van der Waals surface area (Å²) >= 11 is 8.07. The maximum absolute atomic E-state index is 6.41. The summed E-state index contributed by atoms with van der Waals surface area (Å²) in [6.45, 7) is 0.871. The lowest BCUT2D eigenvalue weighted by molar-refractivity contribution is 0.429. The lowest BCUT2D eigenvalue weighted by atomic mass is 9.86. The van der Waals surface area contributed by atoms with Crippen molar-refractivity contribution in [3.63, 3.8) is 0 Å². The van der Waals surface area contributed by atoms with Crippen molar-refractivity contribution in [2.45, 2.75) is 42.1 Å². The molecule has 2 heterocycles.